The van der Waals surface area contributed by atoms with Gasteiger partial charge in [0.15, 0.2) is 0 Å². The Morgan fingerprint density at radius 2 is 1.49 bits per heavy atom. The average molecular weight is 571 g/mol. The Kier molecular flexibility index (Phi) is 10.9. The first kappa shape index (κ1) is 30.1. The third-order valence-electron chi connectivity index (χ3n) is 6.18. The number of rotatable bonds is 13. The van der Waals surface area contributed by atoms with E-state index in [2.05, 4.69) is 5.32 Å². The van der Waals surface area contributed by atoms with E-state index in [0.717, 1.165) is 20.6 Å². The van der Waals surface area contributed by atoms with E-state index in [1.165, 1.54) is 19.0 Å². The van der Waals surface area contributed by atoms with Gasteiger partial charge in [-0.1, -0.05) is 85.3 Å². The summed E-state index contributed by atoms with van der Waals surface area (Å²) in [5.41, 5.74) is 1.86. The normalized spacial score (nSPS) is 12.1. The summed E-state index contributed by atoms with van der Waals surface area (Å²) in [4.78, 5) is 29.0. The first-order valence-electron chi connectivity index (χ1n) is 12.7. The number of amides is 2. The van der Waals surface area contributed by atoms with Crippen LogP contribution in [0.1, 0.15) is 24.5 Å². The highest BCUT2D eigenvalue weighted by Crippen LogP contribution is 2.23. The lowest BCUT2D eigenvalue weighted by Gasteiger charge is -2.34. The van der Waals surface area contributed by atoms with Crippen molar-refractivity contribution >= 4 is 39.3 Å². The Bertz CT molecular complexity index is 1340. The second kappa shape index (κ2) is 14.1. The predicted molar refractivity (Wildman–Crippen MR) is 156 cm³/mol. The zero-order valence-electron chi connectivity index (χ0n) is 22.5. The Morgan fingerprint density at radius 3 is 2.08 bits per heavy atom. The molecule has 0 aromatic heterocycles. The Balaban J connectivity index is 2.07. The molecule has 0 fully saturated rings. The molecule has 0 heterocycles. The fraction of sp³-hybridized carbons (Fsp3) is 0.310. The van der Waals surface area contributed by atoms with Gasteiger partial charge < -0.3 is 10.2 Å². The van der Waals surface area contributed by atoms with Crippen molar-refractivity contribution in [2.45, 2.75) is 32.4 Å². The van der Waals surface area contributed by atoms with Crippen LogP contribution in [-0.4, -0.2) is 62.7 Å². The summed E-state index contributed by atoms with van der Waals surface area (Å²) in [6.07, 6.45) is 0.976. The average Bonchev–Trinajstić information content (AvgIpc) is 2.93. The molecule has 0 radical (unpaired) electrons. The summed E-state index contributed by atoms with van der Waals surface area (Å²) in [5.74, 6) is -0.848. The van der Waals surface area contributed by atoms with Crippen molar-refractivity contribution in [1.29, 1.82) is 0 Å². The summed E-state index contributed by atoms with van der Waals surface area (Å²) in [6, 6.07) is 24.0. The molecular formula is C29H35ClN4O4S. The highest BCUT2D eigenvalue weighted by atomic mass is 35.5. The minimum Gasteiger partial charge on any atom is -0.354 e. The monoisotopic (exact) mass is 570 g/mol. The minimum absolute atomic E-state index is 0.0280. The summed E-state index contributed by atoms with van der Waals surface area (Å²) < 4.78 is 28.7. The van der Waals surface area contributed by atoms with Crippen molar-refractivity contribution in [1.82, 2.24) is 14.5 Å². The molecule has 0 aliphatic carbocycles. The minimum atomic E-state index is -4.03. The van der Waals surface area contributed by atoms with Gasteiger partial charge in [-0.15, -0.1) is 0 Å². The number of hydrogen-bond donors (Lipinski definition) is 1. The van der Waals surface area contributed by atoms with Crippen LogP contribution >= 0.6 is 11.6 Å². The number of nitrogens with zero attached hydrogens (tertiary/aromatic N) is 3. The second-order valence-electron chi connectivity index (χ2n) is 9.24. The molecule has 0 unspecified atom stereocenters. The van der Waals surface area contributed by atoms with Crippen LogP contribution in [0.4, 0.5) is 5.69 Å². The van der Waals surface area contributed by atoms with Crippen LogP contribution in [-0.2, 0) is 32.8 Å². The largest absolute Gasteiger partial charge is 0.354 e. The van der Waals surface area contributed by atoms with E-state index in [1.807, 2.05) is 37.3 Å². The third kappa shape index (κ3) is 8.05. The maximum atomic E-state index is 14.1. The van der Waals surface area contributed by atoms with Gasteiger partial charge in [-0.3, -0.25) is 9.59 Å². The molecule has 3 aromatic rings. The molecule has 0 aliphatic heterocycles. The van der Waals surface area contributed by atoms with Gasteiger partial charge in [0.1, 0.15) is 12.6 Å². The SMILES string of the molecule is CCCNC(=O)[C@H](Cc1ccccc1)N(Cc1ccccc1Cl)C(=O)CN(c1ccccc1)S(=O)(=O)N(C)C. The predicted octanol–water partition coefficient (Wildman–Crippen LogP) is 4.12. The summed E-state index contributed by atoms with van der Waals surface area (Å²) in [7, 11) is -1.21. The highest BCUT2D eigenvalue weighted by molar-refractivity contribution is 7.90. The zero-order chi connectivity index (χ0) is 28.4. The van der Waals surface area contributed by atoms with Crippen LogP contribution in [0.2, 0.25) is 5.02 Å². The molecule has 0 saturated carbocycles. The fourth-order valence-corrected chi connectivity index (χ4v) is 5.29. The van der Waals surface area contributed by atoms with Crippen LogP contribution in [0.3, 0.4) is 0 Å². The van der Waals surface area contributed by atoms with Gasteiger partial charge in [-0.2, -0.15) is 12.7 Å². The van der Waals surface area contributed by atoms with E-state index in [4.69, 9.17) is 11.6 Å². The Labute approximate surface area is 236 Å². The van der Waals surface area contributed by atoms with Crippen LogP contribution in [0.25, 0.3) is 0 Å². The van der Waals surface area contributed by atoms with Crippen LogP contribution < -0.4 is 9.62 Å². The van der Waals surface area contributed by atoms with Crippen molar-refractivity contribution in [3.05, 3.63) is 101 Å². The highest BCUT2D eigenvalue weighted by Gasteiger charge is 2.34. The number of carbonyl (C=O) groups is 2. The number of carbonyl (C=O) groups excluding carboxylic acids is 2. The first-order valence-corrected chi connectivity index (χ1v) is 14.5. The molecule has 8 nitrogen and oxygen atoms in total. The number of benzene rings is 3. The molecule has 208 valence electrons. The van der Waals surface area contributed by atoms with Crippen molar-refractivity contribution in [3.63, 3.8) is 0 Å². The zero-order valence-corrected chi connectivity index (χ0v) is 24.0. The van der Waals surface area contributed by atoms with Gasteiger partial charge in [0.05, 0.1) is 5.69 Å². The maximum Gasteiger partial charge on any atom is 0.304 e. The van der Waals surface area contributed by atoms with E-state index < -0.39 is 28.7 Å². The number of halogens is 1. The van der Waals surface area contributed by atoms with Crippen LogP contribution in [0.5, 0.6) is 0 Å². The van der Waals surface area contributed by atoms with E-state index in [9.17, 15) is 18.0 Å². The van der Waals surface area contributed by atoms with Gasteiger partial charge in [0.25, 0.3) is 0 Å². The Morgan fingerprint density at radius 1 is 0.897 bits per heavy atom. The van der Waals surface area contributed by atoms with Crippen molar-refractivity contribution in [3.8, 4) is 0 Å². The summed E-state index contributed by atoms with van der Waals surface area (Å²) >= 11 is 6.47. The van der Waals surface area contributed by atoms with Gasteiger partial charge in [-0.05, 0) is 35.7 Å². The first-order chi connectivity index (χ1) is 18.6. The van der Waals surface area contributed by atoms with Gasteiger partial charge in [0, 0.05) is 38.6 Å². The van der Waals surface area contributed by atoms with E-state index in [0.29, 0.717) is 22.8 Å². The topological polar surface area (TPSA) is 90.0 Å². The van der Waals surface area contributed by atoms with Crippen LogP contribution in [0.15, 0.2) is 84.9 Å². The molecule has 39 heavy (non-hydrogen) atoms. The number of anilines is 1. The fourth-order valence-electron chi connectivity index (χ4n) is 4.04. The van der Waals surface area contributed by atoms with Crippen molar-refractivity contribution in [2.75, 3.05) is 31.5 Å². The Hall–Kier alpha value is -3.40. The van der Waals surface area contributed by atoms with Crippen LogP contribution in [0, 0.1) is 0 Å². The molecule has 2 amide bonds. The smallest absolute Gasteiger partial charge is 0.304 e. The molecule has 10 heteroatoms. The van der Waals surface area contributed by atoms with E-state index in [1.54, 1.807) is 54.6 Å². The summed E-state index contributed by atoms with van der Waals surface area (Å²) in [6.45, 7) is 1.92. The number of hydrogen-bond acceptors (Lipinski definition) is 4. The van der Waals surface area contributed by atoms with Gasteiger partial charge in [-0.25, -0.2) is 4.31 Å². The molecule has 0 spiro atoms. The van der Waals surface area contributed by atoms with E-state index in [-0.39, 0.29) is 18.9 Å². The molecule has 3 aromatic carbocycles. The standard InChI is InChI=1S/C29H35ClN4O4S/c1-4-19-31-29(36)27(20-23-13-7-5-8-14-23)33(21-24-15-11-12-18-26(24)30)28(35)22-34(39(37,38)32(2)3)25-16-9-6-10-17-25/h5-18,27H,4,19-22H2,1-3H3,(H,31,36)/t27-/m0/s1. The van der Waals surface area contributed by atoms with Gasteiger partial charge >= 0.3 is 10.2 Å². The molecule has 3 rings (SSSR count). The molecular weight excluding hydrogens is 536 g/mol. The molecule has 0 saturated heterocycles. The lowest BCUT2D eigenvalue weighted by molar-refractivity contribution is -0.140. The molecule has 1 N–H and O–H groups in total. The number of nitrogens with one attached hydrogen (secondary N) is 1. The quantitative estimate of drug-likeness (QED) is 0.335. The van der Waals surface area contributed by atoms with E-state index >= 15 is 0 Å². The second-order valence-corrected chi connectivity index (χ2v) is 11.7. The van der Waals surface area contributed by atoms with Crippen molar-refractivity contribution < 1.29 is 18.0 Å². The lowest BCUT2D eigenvalue weighted by Crippen LogP contribution is -2.54. The lowest BCUT2D eigenvalue weighted by atomic mass is 10.0. The summed E-state index contributed by atoms with van der Waals surface area (Å²) in [5, 5.41) is 3.36. The molecule has 1 atom stereocenters. The van der Waals surface area contributed by atoms with Gasteiger partial charge in [0.2, 0.25) is 11.8 Å². The molecule has 0 aliphatic rings. The molecule has 0 bridgehead atoms. The maximum absolute atomic E-state index is 14.1. The third-order valence-corrected chi connectivity index (χ3v) is 8.37. The van der Waals surface area contributed by atoms with Crippen molar-refractivity contribution in [2.24, 2.45) is 0 Å². The number of para-hydroxylation sites is 1.